The summed E-state index contributed by atoms with van der Waals surface area (Å²) in [5, 5.41) is 4.09. The number of furan rings is 1. The Balaban J connectivity index is 1.56. The maximum atomic E-state index is 13.6. The lowest BCUT2D eigenvalue weighted by atomic mass is 10.2. The number of carbonyl (C=O) groups excluding carboxylic acids is 2. The number of anilines is 3. The average Bonchev–Trinajstić information content (AvgIpc) is 3.41. The number of hydrogen-bond donors (Lipinski definition) is 1. The number of carbonyl (C=O) groups is 2. The first-order chi connectivity index (χ1) is 18.9. The fourth-order valence-electron chi connectivity index (χ4n) is 3.74. The third-order valence-electron chi connectivity index (χ3n) is 5.52. The molecule has 1 aromatic heterocycles. The molecular formula is C29H21Cl2N3O4S. The van der Waals surface area contributed by atoms with Gasteiger partial charge in [0, 0.05) is 16.8 Å². The van der Waals surface area contributed by atoms with Crippen LogP contribution < -0.4 is 10.2 Å². The van der Waals surface area contributed by atoms with Crippen LogP contribution >= 0.6 is 35.0 Å². The van der Waals surface area contributed by atoms with Crippen LogP contribution in [0.2, 0.25) is 10.0 Å². The molecule has 0 spiro atoms. The first-order valence-electron chi connectivity index (χ1n) is 11.9. The molecule has 1 amide bonds. The summed E-state index contributed by atoms with van der Waals surface area (Å²) in [6.07, 6.45) is 1.51. The molecule has 0 saturated carbocycles. The zero-order valence-corrected chi connectivity index (χ0v) is 22.9. The first kappa shape index (κ1) is 26.6. The quantitative estimate of drug-likeness (QED) is 0.175. The minimum atomic E-state index is -0.657. The number of benzene rings is 3. The molecule has 1 aliphatic rings. The molecule has 0 radical (unpaired) electrons. The van der Waals surface area contributed by atoms with Gasteiger partial charge in [0.1, 0.15) is 16.3 Å². The molecular weight excluding hydrogens is 557 g/mol. The first-order valence-corrected chi connectivity index (χ1v) is 13.5. The lowest BCUT2D eigenvalue weighted by molar-refractivity contribution is -0.113. The second-order valence-corrected chi connectivity index (χ2v) is 9.98. The van der Waals surface area contributed by atoms with E-state index in [0.29, 0.717) is 32.2 Å². The molecule has 0 aliphatic carbocycles. The average molecular weight is 578 g/mol. The predicted molar refractivity (Wildman–Crippen MR) is 157 cm³/mol. The van der Waals surface area contributed by atoms with Gasteiger partial charge in [0.05, 0.1) is 22.9 Å². The van der Waals surface area contributed by atoms with E-state index in [4.69, 9.17) is 37.3 Å². The third-order valence-corrected chi connectivity index (χ3v) is 7.12. The van der Waals surface area contributed by atoms with Crippen molar-refractivity contribution >= 4 is 81.0 Å². The summed E-state index contributed by atoms with van der Waals surface area (Å²) in [5.74, 6) is -0.754. The second-order valence-electron chi connectivity index (χ2n) is 8.15. The van der Waals surface area contributed by atoms with Crippen molar-refractivity contribution in [3.05, 3.63) is 111 Å². The van der Waals surface area contributed by atoms with Crippen LogP contribution in [0.5, 0.6) is 0 Å². The summed E-state index contributed by atoms with van der Waals surface area (Å²) >= 11 is 13.8. The zero-order valence-electron chi connectivity index (χ0n) is 20.6. The number of esters is 1. The Morgan fingerprint density at radius 3 is 2.36 bits per heavy atom. The van der Waals surface area contributed by atoms with Gasteiger partial charge in [-0.25, -0.2) is 9.79 Å². The van der Waals surface area contributed by atoms with E-state index in [-0.39, 0.29) is 34.7 Å². The van der Waals surface area contributed by atoms with Gasteiger partial charge in [-0.15, -0.1) is 0 Å². The Morgan fingerprint density at radius 1 is 1.03 bits per heavy atom. The van der Waals surface area contributed by atoms with Crippen molar-refractivity contribution in [1.82, 2.24) is 0 Å². The van der Waals surface area contributed by atoms with Crippen molar-refractivity contribution in [1.29, 1.82) is 0 Å². The summed E-state index contributed by atoms with van der Waals surface area (Å²) in [6, 6.07) is 25.4. The van der Waals surface area contributed by atoms with Crippen LogP contribution in [0, 0.1) is 0 Å². The monoisotopic (exact) mass is 577 g/mol. The molecule has 2 heterocycles. The van der Waals surface area contributed by atoms with E-state index in [1.165, 1.54) is 22.7 Å². The van der Waals surface area contributed by atoms with Crippen molar-refractivity contribution in [2.45, 2.75) is 6.92 Å². The van der Waals surface area contributed by atoms with E-state index in [1.54, 1.807) is 31.2 Å². The Kier molecular flexibility index (Phi) is 8.07. The molecule has 10 heteroatoms. The van der Waals surface area contributed by atoms with E-state index in [0.717, 1.165) is 0 Å². The number of ether oxygens (including phenoxy) is 1. The number of hydrogen-bond acceptors (Lipinski definition) is 7. The minimum Gasteiger partial charge on any atom is -0.462 e. The molecule has 0 unspecified atom stereocenters. The van der Waals surface area contributed by atoms with Gasteiger partial charge in [-0.3, -0.25) is 9.69 Å². The summed E-state index contributed by atoms with van der Waals surface area (Å²) < 4.78 is 11.2. The Bertz CT molecular complexity index is 1570. The molecule has 7 nitrogen and oxygen atoms in total. The maximum absolute atomic E-state index is 13.6. The summed E-state index contributed by atoms with van der Waals surface area (Å²) in [5.41, 5.74) is 2.00. The van der Waals surface area contributed by atoms with Gasteiger partial charge in [0.15, 0.2) is 5.17 Å². The number of nitrogens with zero attached hydrogens (tertiary/aromatic N) is 2. The number of rotatable bonds is 7. The fraction of sp³-hybridized carbons (Fsp3) is 0.0690. The van der Waals surface area contributed by atoms with E-state index >= 15 is 0 Å². The van der Waals surface area contributed by atoms with Gasteiger partial charge < -0.3 is 14.5 Å². The van der Waals surface area contributed by atoms with Crippen LogP contribution in [0.4, 0.5) is 22.9 Å². The standard InChI is InChI=1S/C29H21Cl2N3O4S/c1-2-37-28(36)24-25(31)22(38-26(24)32-20-15-13-18(30)14-16-20)17-23-27(35)34(21-11-7-4-8-12-21)29(39-23)33-19-9-5-3-6-10-19/h3-17,32H,2H2,1H3/b23-17-,33-29?. The van der Waals surface area contributed by atoms with Gasteiger partial charge >= 0.3 is 5.97 Å². The van der Waals surface area contributed by atoms with Crippen LogP contribution in [-0.4, -0.2) is 23.7 Å². The molecule has 1 fully saturated rings. The molecule has 1 aliphatic heterocycles. The molecule has 4 aromatic rings. The Hall–Kier alpha value is -3.98. The van der Waals surface area contributed by atoms with Gasteiger partial charge in [-0.1, -0.05) is 59.6 Å². The molecule has 196 valence electrons. The van der Waals surface area contributed by atoms with Crippen molar-refractivity contribution in [2.24, 2.45) is 4.99 Å². The molecule has 1 saturated heterocycles. The molecule has 0 atom stereocenters. The van der Waals surface area contributed by atoms with Crippen molar-refractivity contribution in [2.75, 3.05) is 16.8 Å². The van der Waals surface area contributed by atoms with E-state index in [9.17, 15) is 9.59 Å². The van der Waals surface area contributed by atoms with Crippen molar-refractivity contribution in [3.8, 4) is 0 Å². The SMILES string of the molecule is CCOC(=O)c1c(Nc2ccc(Cl)cc2)oc(/C=C2\SC(=Nc3ccccc3)N(c3ccccc3)C2=O)c1Cl. The fourth-order valence-corrected chi connectivity index (χ4v) is 5.10. The van der Waals surface area contributed by atoms with Gasteiger partial charge in [0.2, 0.25) is 5.88 Å². The number of para-hydroxylation sites is 2. The maximum Gasteiger partial charge on any atom is 0.345 e. The number of nitrogens with one attached hydrogen (secondary N) is 1. The third kappa shape index (κ3) is 5.88. The highest BCUT2D eigenvalue weighted by atomic mass is 35.5. The summed E-state index contributed by atoms with van der Waals surface area (Å²) in [4.78, 5) is 33.0. The van der Waals surface area contributed by atoms with Gasteiger partial charge in [0.25, 0.3) is 5.91 Å². The molecule has 1 N–H and O–H groups in total. The van der Waals surface area contributed by atoms with Crippen LogP contribution in [-0.2, 0) is 9.53 Å². The van der Waals surface area contributed by atoms with Crippen LogP contribution in [0.25, 0.3) is 6.08 Å². The number of thioether (sulfide) groups is 1. The van der Waals surface area contributed by atoms with Crippen LogP contribution in [0.1, 0.15) is 23.0 Å². The summed E-state index contributed by atoms with van der Waals surface area (Å²) in [6.45, 7) is 1.84. The summed E-state index contributed by atoms with van der Waals surface area (Å²) in [7, 11) is 0. The van der Waals surface area contributed by atoms with E-state index < -0.39 is 5.97 Å². The van der Waals surface area contributed by atoms with Gasteiger partial charge in [-0.2, -0.15) is 0 Å². The number of aliphatic imine (C=N–C) groups is 1. The normalized spacial score (nSPS) is 15.3. The molecule has 0 bridgehead atoms. The van der Waals surface area contributed by atoms with Crippen molar-refractivity contribution < 1.29 is 18.7 Å². The lowest BCUT2D eigenvalue weighted by Crippen LogP contribution is -2.28. The Morgan fingerprint density at radius 2 is 1.69 bits per heavy atom. The molecule has 39 heavy (non-hydrogen) atoms. The lowest BCUT2D eigenvalue weighted by Gasteiger charge is -2.15. The predicted octanol–water partition coefficient (Wildman–Crippen LogP) is 8.32. The zero-order chi connectivity index (χ0) is 27.4. The molecule has 5 rings (SSSR count). The highest BCUT2D eigenvalue weighted by Crippen LogP contribution is 2.41. The number of amides is 1. The van der Waals surface area contributed by atoms with Crippen LogP contribution in [0.3, 0.4) is 0 Å². The van der Waals surface area contributed by atoms with E-state index in [1.807, 2.05) is 60.7 Å². The Labute approximate surface area is 239 Å². The smallest absolute Gasteiger partial charge is 0.345 e. The van der Waals surface area contributed by atoms with Crippen molar-refractivity contribution in [3.63, 3.8) is 0 Å². The highest BCUT2D eigenvalue weighted by Gasteiger charge is 2.36. The number of halogens is 2. The molecule has 3 aromatic carbocycles. The topological polar surface area (TPSA) is 84.1 Å². The van der Waals surface area contributed by atoms with Crippen LogP contribution in [0.15, 0.2) is 99.2 Å². The van der Waals surface area contributed by atoms with Gasteiger partial charge in [-0.05, 0) is 67.2 Å². The second kappa shape index (κ2) is 11.8. The van der Waals surface area contributed by atoms with E-state index in [2.05, 4.69) is 5.32 Å². The minimum absolute atomic E-state index is 0.0190. The highest BCUT2D eigenvalue weighted by molar-refractivity contribution is 8.19. The number of amidine groups is 1. The largest absolute Gasteiger partial charge is 0.462 e.